The third-order valence-corrected chi connectivity index (χ3v) is 2.90. The van der Waals surface area contributed by atoms with Crippen LogP contribution in [0.15, 0.2) is 24.4 Å². The molecule has 2 heterocycles. The number of nitrogens with one attached hydrogen (secondary N) is 1. The van der Waals surface area contributed by atoms with Gasteiger partial charge in [-0.05, 0) is 25.1 Å². The number of nitrogens with two attached hydrogens (primary N) is 1. The second kappa shape index (κ2) is 5.05. The van der Waals surface area contributed by atoms with Gasteiger partial charge in [0.2, 0.25) is 5.91 Å². The Morgan fingerprint density at radius 1 is 1.62 bits per heavy atom. The molecule has 86 valence electrons. The second-order valence-electron chi connectivity index (χ2n) is 4.05. The van der Waals surface area contributed by atoms with Crippen molar-refractivity contribution in [3.63, 3.8) is 0 Å². The Morgan fingerprint density at radius 2 is 2.50 bits per heavy atom. The maximum absolute atomic E-state index is 11.3. The van der Waals surface area contributed by atoms with Gasteiger partial charge in [0.15, 0.2) is 0 Å². The Morgan fingerprint density at radius 3 is 3.19 bits per heavy atom. The van der Waals surface area contributed by atoms with E-state index in [0.29, 0.717) is 0 Å². The Balaban J connectivity index is 1.88. The molecule has 1 aliphatic heterocycles. The van der Waals surface area contributed by atoms with Gasteiger partial charge < -0.3 is 0 Å². The molecule has 1 fully saturated rings. The van der Waals surface area contributed by atoms with Crippen molar-refractivity contribution in [1.82, 2.24) is 15.3 Å². The van der Waals surface area contributed by atoms with Gasteiger partial charge in [0, 0.05) is 19.3 Å². The first-order valence-electron chi connectivity index (χ1n) is 5.42. The lowest BCUT2D eigenvalue weighted by Gasteiger charge is -2.14. The quantitative estimate of drug-likeness (QED) is 0.424. The van der Waals surface area contributed by atoms with Gasteiger partial charge in [0.1, 0.15) is 0 Å². The summed E-state index contributed by atoms with van der Waals surface area (Å²) in [7, 11) is 0. The first-order chi connectivity index (χ1) is 7.79. The van der Waals surface area contributed by atoms with E-state index in [1.54, 1.807) is 6.20 Å². The lowest BCUT2D eigenvalue weighted by atomic mass is 10.1. The highest BCUT2D eigenvalue weighted by atomic mass is 16.2. The summed E-state index contributed by atoms with van der Waals surface area (Å²) < 4.78 is 0. The summed E-state index contributed by atoms with van der Waals surface area (Å²) in [4.78, 5) is 17.8. The monoisotopic (exact) mass is 220 g/mol. The lowest BCUT2D eigenvalue weighted by molar-refractivity contribution is -0.124. The molecule has 0 spiro atoms. The zero-order chi connectivity index (χ0) is 11.4. The number of pyridine rings is 1. The van der Waals surface area contributed by atoms with Gasteiger partial charge in [-0.2, -0.15) is 0 Å². The van der Waals surface area contributed by atoms with E-state index in [-0.39, 0.29) is 11.8 Å². The van der Waals surface area contributed by atoms with Crippen LogP contribution in [0.1, 0.15) is 12.1 Å². The Labute approximate surface area is 94.6 Å². The van der Waals surface area contributed by atoms with Crippen LogP contribution in [0.5, 0.6) is 0 Å². The summed E-state index contributed by atoms with van der Waals surface area (Å²) in [6, 6.07) is 5.87. The van der Waals surface area contributed by atoms with E-state index in [9.17, 15) is 4.79 Å². The summed E-state index contributed by atoms with van der Waals surface area (Å²) >= 11 is 0. The van der Waals surface area contributed by atoms with Crippen molar-refractivity contribution >= 4 is 5.91 Å². The highest BCUT2D eigenvalue weighted by Gasteiger charge is 2.27. The van der Waals surface area contributed by atoms with Crippen molar-refractivity contribution in [2.75, 3.05) is 13.1 Å². The maximum atomic E-state index is 11.3. The van der Waals surface area contributed by atoms with E-state index >= 15 is 0 Å². The molecule has 1 aromatic rings. The van der Waals surface area contributed by atoms with E-state index in [4.69, 9.17) is 5.84 Å². The number of nitrogens with zero attached hydrogens (tertiary/aromatic N) is 2. The van der Waals surface area contributed by atoms with Crippen molar-refractivity contribution in [3.05, 3.63) is 30.1 Å². The Hall–Kier alpha value is -1.46. The maximum Gasteiger partial charge on any atom is 0.238 e. The molecular weight excluding hydrogens is 204 g/mol. The number of aromatic nitrogens is 1. The van der Waals surface area contributed by atoms with E-state index in [2.05, 4.69) is 15.3 Å². The Kier molecular flexibility index (Phi) is 3.48. The van der Waals surface area contributed by atoms with E-state index in [1.807, 2.05) is 18.2 Å². The number of amides is 1. The van der Waals surface area contributed by atoms with Crippen LogP contribution in [0, 0.1) is 5.92 Å². The topological polar surface area (TPSA) is 71.2 Å². The van der Waals surface area contributed by atoms with Gasteiger partial charge in [0.05, 0.1) is 11.6 Å². The summed E-state index contributed by atoms with van der Waals surface area (Å²) in [6.45, 7) is 2.49. The van der Waals surface area contributed by atoms with Crippen LogP contribution in [0.4, 0.5) is 0 Å². The fourth-order valence-electron chi connectivity index (χ4n) is 2.03. The molecule has 5 nitrogen and oxygen atoms in total. The van der Waals surface area contributed by atoms with Gasteiger partial charge in [-0.15, -0.1) is 0 Å². The van der Waals surface area contributed by atoms with Gasteiger partial charge in [-0.25, -0.2) is 5.84 Å². The summed E-state index contributed by atoms with van der Waals surface area (Å²) in [6.07, 6.45) is 2.66. The molecule has 1 unspecified atom stereocenters. The molecule has 1 saturated heterocycles. The molecule has 0 saturated carbocycles. The van der Waals surface area contributed by atoms with Gasteiger partial charge in [-0.3, -0.25) is 20.1 Å². The number of rotatable bonds is 3. The van der Waals surface area contributed by atoms with Crippen LogP contribution < -0.4 is 11.3 Å². The zero-order valence-corrected chi connectivity index (χ0v) is 9.10. The van der Waals surface area contributed by atoms with Crippen LogP contribution >= 0.6 is 0 Å². The van der Waals surface area contributed by atoms with Gasteiger partial charge in [0.25, 0.3) is 0 Å². The SMILES string of the molecule is NNC(=O)C1CCN(Cc2ccccn2)C1. The van der Waals surface area contributed by atoms with Crippen molar-refractivity contribution in [3.8, 4) is 0 Å². The number of hydrogen-bond acceptors (Lipinski definition) is 4. The predicted octanol–water partition coefficient (Wildman–Crippen LogP) is -0.107. The van der Waals surface area contributed by atoms with E-state index < -0.39 is 0 Å². The van der Waals surface area contributed by atoms with Crippen LogP contribution in [0.3, 0.4) is 0 Å². The molecule has 0 bridgehead atoms. The predicted molar refractivity (Wildman–Crippen MR) is 60.0 cm³/mol. The largest absolute Gasteiger partial charge is 0.297 e. The molecule has 0 radical (unpaired) electrons. The number of carbonyl (C=O) groups excluding carboxylic acids is 1. The number of hydrogen-bond donors (Lipinski definition) is 2. The molecule has 0 aliphatic carbocycles. The first-order valence-corrected chi connectivity index (χ1v) is 5.42. The molecule has 1 atom stereocenters. The number of hydrazine groups is 1. The number of likely N-dealkylation sites (tertiary alicyclic amines) is 1. The summed E-state index contributed by atoms with van der Waals surface area (Å²) in [5.41, 5.74) is 3.25. The summed E-state index contributed by atoms with van der Waals surface area (Å²) in [5, 5.41) is 0. The summed E-state index contributed by atoms with van der Waals surface area (Å²) in [5.74, 6) is 5.08. The van der Waals surface area contributed by atoms with Crippen LogP contribution in [-0.2, 0) is 11.3 Å². The molecule has 1 aliphatic rings. The third-order valence-electron chi connectivity index (χ3n) is 2.90. The Bertz CT molecular complexity index is 354. The van der Waals surface area contributed by atoms with Crippen molar-refractivity contribution < 1.29 is 4.79 Å². The van der Waals surface area contributed by atoms with Crippen molar-refractivity contribution in [2.45, 2.75) is 13.0 Å². The molecular formula is C11H16N4O. The molecule has 1 amide bonds. The fraction of sp³-hybridized carbons (Fsp3) is 0.455. The van der Waals surface area contributed by atoms with Crippen LogP contribution in [0.25, 0.3) is 0 Å². The third kappa shape index (κ3) is 2.56. The van der Waals surface area contributed by atoms with Crippen LogP contribution in [0.2, 0.25) is 0 Å². The molecule has 16 heavy (non-hydrogen) atoms. The zero-order valence-electron chi connectivity index (χ0n) is 9.10. The normalized spacial score (nSPS) is 20.9. The molecule has 2 rings (SSSR count). The average molecular weight is 220 g/mol. The number of carbonyl (C=O) groups is 1. The minimum atomic E-state index is -0.0662. The smallest absolute Gasteiger partial charge is 0.238 e. The highest BCUT2D eigenvalue weighted by molar-refractivity contribution is 5.78. The standard InChI is InChI=1S/C11H16N4O/c12-14-11(16)9-4-6-15(7-9)8-10-3-1-2-5-13-10/h1-3,5,9H,4,6-8,12H2,(H,14,16). The minimum Gasteiger partial charge on any atom is -0.297 e. The fourth-order valence-corrected chi connectivity index (χ4v) is 2.03. The first kappa shape index (κ1) is 11.0. The van der Waals surface area contributed by atoms with Crippen molar-refractivity contribution in [1.29, 1.82) is 0 Å². The van der Waals surface area contributed by atoms with Gasteiger partial charge >= 0.3 is 0 Å². The second-order valence-corrected chi connectivity index (χ2v) is 4.05. The van der Waals surface area contributed by atoms with Crippen molar-refractivity contribution in [2.24, 2.45) is 11.8 Å². The van der Waals surface area contributed by atoms with E-state index in [1.165, 1.54) is 0 Å². The molecule has 0 aromatic carbocycles. The molecule has 3 N–H and O–H groups in total. The average Bonchev–Trinajstić information content (AvgIpc) is 2.78. The highest BCUT2D eigenvalue weighted by Crippen LogP contribution is 2.17. The molecule has 5 heteroatoms. The van der Waals surface area contributed by atoms with Crippen LogP contribution in [-0.4, -0.2) is 28.9 Å². The lowest BCUT2D eigenvalue weighted by Crippen LogP contribution is -2.37. The minimum absolute atomic E-state index is 0.0220. The van der Waals surface area contributed by atoms with Gasteiger partial charge in [-0.1, -0.05) is 6.07 Å². The van der Waals surface area contributed by atoms with E-state index in [0.717, 1.165) is 31.7 Å². The molecule has 1 aromatic heterocycles.